The Hall–Kier alpha value is -1.60. The van der Waals surface area contributed by atoms with Gasteiger partial charge in [0.1, 0.15) is 0 Å². The molecule has 122 valence electrons. The van der Waals surface area contributed by atoms with Gasteiger partial charge in [0.25, 0.3) is 0 Å². The van der Waals surface area contributed by atoms with E-state index in [1.807, 2.05) is 0 Å². The molecule has 7 heteroatoms. The summed E-state index contributed by atoms with van der Waals surface area (Å²) >= 11 is 1.60. The second-order valence-electron chi connectivity index (χ2n) is 4.87. The summed E-state index contributed by atoms with van der Waals surface area (Å²) in [6, 6.07) is 9.91. The summed E-state index contributed by atoms with van der Waals surface area (Å²) < 4.78 is 36.4. The van der Waals surface area contributed by atoms with Gasteiger partial charge in [-0.25, -0.2) is 0 Å². The van der Waals surface area contributed by atoms with Crippen molar-refractivity contribution in [2.75, 3.05) is 5.75 Å². The largest absolute Gasteiger partial charge is 0.398 e. The maximum atomic E-state index is 12.1. The first-order valence-corrected chi connectivity index (χ1v) is 8.56. The number of carbonyl (C=O) groups is 2. The van der Waals surface area contributed by atoms with E-state index >= 15 is 0 Å². The summed E-state index contributed by atoms with van der Waals surface area (Å²) in [5.74, 6) is -1.96. The quantitative estimate of drug-likeness (QED) is 0.713. The van der Waals surface area contributed by atoms with Gasteiger partial charge in [-0.05, 0) is 17.0 Å². The smallest absolute Gasteiger partial charge is 0.288 e. The molecule has 2 aromatic rings. The Morgan fingerprint density at radius 1 is 1.17 bits per heavy atom. The van der Waals surface area contributed by atoms with Gasteiger partial charge in [-0.1, -0.05) is 49.0 Å². The zero-order valence-electron chi connectivity index (χ0n) is 12.1. The van der Waals surface area contributed by atoms with Crippen LogP contribution in [0.4, 0.5) is 13.2 Å². The van der Waals surface area contributed by atoms with E-state index in [0.29, 0.717) is 16.0 Å². The number of hydrogen-bond donors (Lipinski definition) is 0. The van der Waals surface area contributed by atoms with E-state index in [2.05, 4.69) is 0 Å². The van der Waals surface area contributed by atoms with E-state index < -0.39 is 23.0 Å². The number of thioether (sulfide) groups is 1. The lowest BCUT2D eigenvalue weighted by atomic mass is 9.99. The summed E-state index contributed by atoms with van der Waals surface area (Å²) in [6.45, 7) is 1.56. The zero-order chi connectivity index (χ0) is 17.0. The molecule has 0 amide bonds. The highest BCUT2D eigenvalue weighted by molar-refractivity contribution is 8.13. The third-order valence-corrected chi connectivity index (χ3v) is 5.13. The fraction of sp³-hybridized carbons (Fsp3) is 0.250. The molecule has 1 aromatic heterocycles. The summed E-state index contributed by atoms with van der Waals surface area (Å²) in [7, 11) is 0. The summed E-state index contributed by atoms with van der Waals surface area (Å²) in [6.07, 6.45) is -4.36. The number of rotatable bonds is 5. The Kier molecular flexibility index (Phi) is 5.64. The number of alkyl halides is 3. The monoisotopic (exact) mass is 358 g/mol. The van der Waals surface area contributed by atoms with Crippen LogP contribution in [0.2, 0.25) is 0 Å². The number of ketones is 1. The number of hydrogen-bond acceptors (Lipinski definition) is 4. The van der Waals surface area contributed by atoms with Gasteiger partial charge >= 0.3 is 6.18 Å². The van der Waals surface area contributed by atoms with Crippen LogP contribution in [0.3, 0.4) is 0 Å². The van der Waals surface area contributed by atoms with Crippen LogP contribution in [0, 0.1) is 0 Å². The van der Waals surface area contributed by atoms with E-state index in [1.165, 1.54) is 11.3 Å². The van der Waals surface area contributed by atoms with E-state index in [1.54, 1.807) is 48.7 Å². The Labute approximate surface area is 139 Å². The molecular formula is C16H13F3O2S2. The van der Waals surface area contributed by atoms with Gasteiger partial charge in [-0.3, -0.25) is 9.59 Å². The fourth-order valence-corrected chi connectivity index (χ4v) is 3.27. The number of benzene rings is 1. The van der Waals surface area contributed by atoms with Crippen LogP contribution in [0.15, 0.2) is 41.8 Å². The molecule has 2 nitrogen and oxygen atoms in total. The number of thiophene rings is 1. The molecule has 0 saturated carbocycles. The maximum absolute atomic E-state index is 12.1. The van der Waals surface area contributed by atoms with Gasteiger partial charge in [-0.15, -0.1) is 11.3 Å². The van der Waals surface area contributed by atoms with Gasteiger partial charge in [0.15, 0.2) is 5.12 Å². The Balaban J connectivity index is 2.04. The van der Waals surface area contributed by atoms with E-state index in [0.717, 1.165) is 0 Å². The van der Waals surface area contributed by atoms with Crippen molar-refractivity contribution >= 4 is 34.0 Å². The molecule has 23 heavy (non-hydrogen) atoms. The zero-order valence-corrected chi connectivity index (χ0v) is 13.7. The summed E-state index contributed by atoms with van der Waals surface area (Å²) in [5.41, 5.74) is 1.08. The summed E-state index contributed by atoms with van der Waals surface area (Å²) in [5, 5.41) is 1.26. The molecule has 1 heterocycles. The third kappa shape index (κ3) is 4.94. The Morgan fingerprint density at radius 2 is 1.83 bits per heavy atom. The first-order chi connectivity index (χ1) is 10.8. The van der Waals surface area contributed by atoms with Crippen LogP contribution in [0.1, 0.15) is 33.6 Å². The highest BCUT2D eigenvalue weighted by Gasteiger charge is 2.30. The molecule has 1 aromatic carbocycles. The minimum atomic E-state index is -4.36. The van der Waals surface area contributed by atoms with Crippen LogP contribution >= 0.6 is 23.1 Å². The van der Waals surface area contributed by atoms with Crippen molar-refractivity contribution in [2.24, 2.45) is 0 Å². The molecule has 0 aliphatic rings. The maximum Gasteiger partial charge on any atom is 0.398 e. The number of halogens is 3. The van der Waals surface area contributed by atoms with Crippen molar-refractivity contribution in [3.63, 3.8) is 0 Å². The second kappa shape index (κ2) is 7.31. The van der Waals surface area contributed by atoms with Gasteiger partial charge in [-0.2, -0.15) is 13.2 Å². The van der Waals surface area contributed by atoms with Gasteiger partial charge in [0.2, 0.25) is 5.78 Å². The van der Waals surface area contributed by atoms with Crippen LogP contribution in [0.5, 0.6) is 0 Å². The van der Waals surface area contributed by atoms with E-state index in [-0.39, 0.29) is 17.5 Å². The first kappa shape index (κ1) is 17.7. The van der Waals surface area contributed by atoms with Gasteiger partial charge in [0, 0.05) is 5.56 Å². The second-order valence-corrected chi connectivity index (χ2v) is 6.80. The molecule has 0 saturated heterocycles. The van der Waals surface area contributed by atoms with Crippen LogP contribution in [-0.4, -0.2) is 22.8 Å². The molecule has 0 aliphatic carbocycles. The van der Waals surface area contributed by atoms with Crippen molar-refractivity contribution in [1.29, 1.82) is 0 Å². The van der Waals surface area contributed by atoms with Gasteiger partial charge in [0.05, 0.1) is 16.5 Å². The molecule has 0 aliphatic heterocycles. The SMILES string of the molecule is C[C@H](C(=O)SCC(F)(F)F)c1ccc(C(=O)c2cccs2)cc1. The lowest BCUT2D eigenvalue weighted by molar-refractivity contribution is -0.114. The predicted octanol–water partition coefficient (Wildman–Crippen LogP) is 4.90. The molecule has 0 radical (unpaired) electrons. The standard InChI is InChI=1S/C16H13F3O2S2/c1-10(15(21)23-9-16(17,18)19)11-4-6-12(7-5-11)14(20)13-3-2-8-22-13/h2-8,10H,9H2,1H3/t10-/m0/s1. The average molecular weight is 358 g/mol. The van der Waals surface area contributed by atoms with E-state index in [9.17, 15) is 22.8 Å². The predicted molar refractivity (Wildman–Crippen MR) is 86.1 cm³/mol. The first-order valence-electron chi connectivity index (χ1n) is 6.69. The topological polar surface area (TPSA) is 34.1 Å². The van der Waals surface area contributed by atoms with Crippen molar-refractivity contribution < 1.29 is 22.8 Å². The highest BCUT2D eigenvalue weighted by Crippen LogP contribution is 2.28. The molecular weight excluding hydrogens is 345 g/mol. The molecule has 0 fully saturated rings. The van der Waals surface area contributed by atoms with Crippen molar-refractivity contribution in [1.82, 2.24) is 0 Å². The minimum Gasteiger partial charge on any atom is -0.288 e. The molecule has 0 bridgehead atoms. The third-order valence-electron chi connectivity index (χ3n) is 3.15. The van der Waals surface area contributed by atoms with Crippen molar-refractivity contribution in [2.45, 2.75) is 19.0 Å². The molecule has 0 unspecified atom stereocenters. The van der Waals surface area contributed by atoms with Gasteiger partial charge < -0.3 is 0 Å². The average Bonchev–Trinajstić information content (AvgIpc) is 3.05. The fourth-order valence-electron chi connectivity index (χ4n) is 1.89. The normalized spacial score (nSPS) is 12.9. The molecule has 1 atom stereocenters. The minimum absolute atomic E-state index is 0.114. The van der Waals surface area contributed by atoms with Crippen LogP contribution in [0.25, 0.3) is 0 Å². The highest BCUT2D eigenvalue weighted by atomic mass is 32.2. The van der Waals surface area contributed by atoms with Crippen molar-refractivity contribution in [3.05, 3.63) is 57.8 Å². The Bertz CT molecular complexity index is 676. The van der Waals surface area contributed by atoms with Crippen molar-refractivity contribution in [3.8, 4) is 0 Å². The molecule has 0 spiro atoms. The lowest BCUT2D eigenvalue weighted by Crippen LogP contribution is -2.15. The van der Waals surface area contributed by atoms with E-state index in [4.69, 9.17) is 0 Å². The number of carbonyl (C=O) groups excluding carboxylic acids is 2. The Morgan fingerprint density at radius 3 is 2.35 bits per heavy atom. The summed E-state index contributed by atoms with van der Waals surface area (Å²) in [4.78, 5) is 24.6. The van der Waals surface area contributed by atoms with Crippen LogP contribution < -0.4 is 0 Å². The molecule has 2 rings (SSSR count). The molecule has 0 N–H and O–H groups in total. The lowest BCUT2D eigenvalue weighted by Gasteiger charge is -2.12. The van der Waals surface area contributed by atoms with Crippen LogP contribution in [-0.2, 0) is 4.79 Å².